The minimum atomic E-state index is -4.56. The number of nitrogens with one attached hydrogen (secondary N) is 3. The SMILES string of the molecule is CCCC(C)NC(=O)c1cn2ncnc(N)c2c1-c1ccc(NC(=O)Nc2cc(C(F)(F)F)ccn2)cc1. The van der Waals surface area contributed by atoms with Gasteiger partial charge in [0.05, 0.1) is 11.1 Å². The van der Waals surface area contributed by atoms with Gasteiger partial charge in [0, 0.05) is 29.7 Å². The molecule has 1 atom stereocenters. The first kappa shape index (κ1) is 26.4. The summed E-state index contributed by atoms with van der Waals surface area (Å²) in [5.41, 5.74) is 7.49. The maximum Gasteiger partial charge on any atom is 0.416 e. The second-order valence-corrected chi connectivity index (χ2v) is 8.60. The molecule has 13 heteroatoms. The molecule has 0 radical (unpaired) electrons. The van der Waals surface area contributed by atoms with E-state index < -0.39 is 17.8 Å². The van der Waals surface area contributed by atoms with Crippen LogP contribution in [0.5, 0.6) is 0 Å². The van der Waals surface area contributed by atoms with Crippen molar-refractivity contribution in [3.8, 4) is 11.1 Å². The number of rotatable bonds is 7. The summed E-state index contributed by atoms with van der Waals surface area (Å²) >= 11 is 0. The third-order valence-corrected chi connectivity index (χ3v) is 5.71. The fraction of sp³-hybridized carbons (Fsp3) is 0.240. The Labute approximate surface area is 215 Å². The zero-order valence-electron chi connectivity index (χ0n) is 20.5. The van der Waals surface area contributed by atoms with Gasteiger partial charge in [0.15, 0.2) is 5.82 Å². The Bertz CT molecular complexity index is 1470. The molecule has 0 aliphatic heterocycles. The van der Waals surface area contributed by atoms with E-state index in [9.17, 15) is 22.8 Å². The lowest BCUT2D eigenvalue weighted by atomic mass is 10.0. The molecular weight excluding hydrogens is 501 g/mol. The van der Waals surface area contributed by atoms with Gasteiger partial charge in [-0.1, -0.05) is 25.5 Å². The number of urea groups is 1. The molecule has 10 nitrogen and oxygen atoms in total. The second kappa shape index (κ2) is 10.7. The van der Waals surface area contributed by atoms with Crippen molar-refractivity contribution < 1.29 is 22.8 Å². The number of carbonyl (C=O) groups excluding carboxylic acids is 2. The van der Waals surface area contributed by atoms with E-state index in [0.717, 1.165) is 31.2 Å². The number of hydrogen-bond donors (Lipinski definition) is 4. The van der Waals surface area contributed by atoms with Crippen LogP contribution in [0.4, 0.5) is 35.3 Å². The van der Waals surface area contributed by atoms with Gasteiger partial charge in [-0.2, -0.15) is 18.3 Å². The Morgan fingerprint density at radius 1 is 1.11 bits per heavy atom. The summed E-state index contributed by atoms with van der Waals surface area (Å²) < 4.78 is 40.2. The lowest BCUT2D eigenvalue weighted by Crippen LogP contribution is -2.32. The molecular formula is C25H25F3N8O2. The van der Waals surface area contributed by atoms with E-state index in [4.69, 9.17) is 5.73 Å². The molecule has 1 aromatic carbocycles. The van der Waals surface area contributed by atoms with Crippen molar-refractivity contribution in [1.29, 1.82) is 0 Å². The third-order valence-electron chi connectivity index (χ3n) is 5.71. The molecule has 0 fully saturated rings. The molecule has 0 aliphatic rings. The fourth-order valence-electron chi connectivity index (χ4n) is 3.98. The van der Waals surface area contributed by atoms with Crippen LogP contribution in [0, 0.1) is 0 Å². The molecule has 0 bridgehead atoms. The predicted octanol–water partition coefficient (Wildman–Crippen LogP) is 4.95. The molecule has 4 rings (SSSR count). The van der Waals surface area contributed by atoms with E-state index in [2.05, 4.69) is 31.0 Å². The van der Waals surface area contributed by atoms with E-state index in [-0.39, 0.29) is 23.6 Å². The van der Waals surface area contributed by atoms with Crippen molar-refractivity contribution in [2.75, 3.05) is 16.4 Å². The quantitative estimate of drug-likeness (QED) is 0.269. The van der Waals surface area contributed by atoms with Gasteiger partial charge in [0.2, 0.25) is 0 Å². The molecule has 4 aromatic rings. The number of carbonyl (C=O) groups is 2. The number of nitrogens with two attached hydrogens (primary N) is 1. The minimum Gasteiger partial charge on any atom is -0.382 e. The van der Waals surface area contributed by atoms with Crippen LogP contribution in [0.1, 0.15) is 42.6 Å². The Morgan fingerprint density at radius 2 is 1.84 bits per heavy atom. The topological polar surface area (TPSA) is 139 Å². The molecule has 3 amide bonds. The van der Waals surface area contributed by atoms with Crippen LogP contribution in [-0.2, 0) is 6.18 Å². The summed E-state index contributed by atoms with van der Waals surface area (Å²) in [6.07, 6.45) is 0.997. The number of nitrogens with zero attached hydrogens (tertiary/aromatic N) is 4. The molecule has 0 saturated carbocycles. The number of alkyl halides is 3. The van der Waals surface area contributed by atoms with Crippen LogP contribution in [-0.4, -0.2) is 37.6 Å². The first-order chi connectivity index (χ1) is 18.1. The van der Waals surface area contributed by atoms with Crippen molar-refractivity contribution >= 4 is 34.8 Å². The molecule has 0 aliphatic carbocycles. The number of amides is 3. The van der Waals surface area contributed by atoms with Gasteiger partial charge >= 0.3 is 12.2 Å². The summed E-state index contributed by atoms with van der Waals surface area (Å²) in [5.74, 6) is -0.357. The van der Waals surface area contributed by atoms with E-state index in [1.54, 1.807) is 30.5 Å². The van der Waals surface area contributed by atoms with Gasteiger partial charge in [0.1, 0.15) is 17.7 Å². The molecule has 1 unspecified atom stereocenters. The van der Waals surface area contributed by atoms with Gasteiger partial charge in [-0.05, 0) is 43.2 Å². The van der Waals surface area contributed by atoms with Crippen molar-refractivity contribution in [3.63, 3.8) is 0 Å². The highest BCUT2D eigenvalue weighted by molar-refractivity contribution is 6.07. The highest BCUT2D eigenvalue weighted by Gasteiger charge is 2.31. The van der Waals surface area contributed by atoms with Gasteiger partial charge in [-0.15, -0.1) is 0 Å². The summed E-state index contributed by atoms with van der Waals surface area (Å²) in [7, 11) is 0. The Morgan fingerprint density at radius 3 is 2.53 bits per heavy atom. The van der Waals surface area contributed by atoms with Gasteiger partial charge in [-0.25, -0.2) is 19.3 Å². The average molecular weight is 527 g/mol. The number of pyridine rings is 1. The molecule has 0 spiro atoms. The molecule has 5 N–H and O–H groups in total. The van der Waals surface area contributed by atoms with E-state index in [1.165, 1.54) is 10.8 Å². The number of anilines is 3. The monoisotopic (exact) mass is 526 g/mol. The number of aromatic nitrogens is 4. The number of nitrogen functional groups attached to an aromatic ring is 1. The smallest absolute Gasteiger partial charge is 0.382 e. The first-order valence-corrected chi connectivity index (χ1v) is 11.7. The lowest BCUT2D eigenvalue weighted by Gasteiger charge is -2.13. The Hall–Kier alpha value is -4.68. The predicted molar refractivity (Wildman–Crippen MR) is 137 cm³/mol. The van der Waals surface area contributed by atoms with Crippen molar-refractivity contribution in [1.82, 2.24) is 24.9 Å². The maximum absolute atomic E-state index is 13.1. The van der Waals surface area contributed by atoms with Gasteiger partial charge < -0.3 is 16.4 Å². The Balaban J connectivity index is 1.57. The van der Waals surface area contributed by atoms with Crippen LogP contribution in [0.15, 0.2) is 55.1 Å². The van der Waals surface area contributed by atoms with E-state index in [1.807, 2.05) is 13.8 Å². The highest BCUT2D eigenvalue weighted by Crippen LogP contribution is 2.33. The summed E-state index contributed by atoms with van der Waals surface area (Å²) in [6.45, 7) is 3.95. The van der Waals surface area contributed by atoms with Gasteiger partial charge in [0.25, 0.3) is 5.91 Å². The highest BCUT2D eigenvalue weighted by atomic mass is 19.4. The lowest BCUT2D eigenvalue weighted by molar-refractivity contribution is -0.137. The van der Waals surface area contributed by atoms with Crippen LogP contribution in [0.3, 0.4) is 0 Å². The average Bonchev–Trinajstić information content (AvgIpc) is 3.25. The minimum absolute atomic E-state index is 0.0387. The van der Waals surface area contributed by atoms with E-state index in [0.29, 0.717) is 27.9 Å². The number of benzene rings is 1. The molecule has 3 aromatic heterocycles. The number of fused-ring (bicyclic) bond motifs is 1. The van der Waals surface area contributed by atoms with Crippen LogP contribution >= 0.6 is 0 Å². The molecule has 0 saturated heterocycles. The largest absolute Gasteiger partial charge is 0.416 e. The fourth-order valence-corrected chi connectivity index (χ4v) is 3.98. The number of hydrogen-bond acceptors (Lipinski definition) is 6. The summed E-state index contributed by atoms with van der Waals surface area (Å²) in [6, 6.07) is 7.24. The standard InChI is InChI=1S/C25H25F3N8O2/c1-3-4-14(2)33-23(37)18-12-36-21(22(29)31-13-32-36)20(18)15-5-7-17(8-6-15)34-24(38)35-19-11-16(9-10-30-19)25(26,27)28/h5-14H,3-4H2,1-2H3,(H,33,37)(H2,29,31,32)(H2,30,34,35,38). The van der Waals surface area contributed by atoms with Crippen LogP contribution in [0.2, 0.25) is 0 Å². The zero-order chi connectivity index (χ0) is 27.4. The molecule has 38 heavy (non-hydrogen) atoms. The van der Waals surface area contributed by atoms with Crippen LogP contribution < -0.4 is 21.7 Å². The molecule has 3 heterocycles. The van der Waals surface area contributed by atoms with Crippen molar-refractivity contribution in [3.05, 3.63) is 66.2 Å². The summed E-state index contributed by atoms with van der Waals surface area (Å²) in [5, 5.41) is 12.0. The van der Waals surface area contributed by atoms with Crippen molar-refractivity contribution in [2.24, 2.45) is 0 Å². The first-order valence-electron chi connectivity index (χ1n) is 11.7. The summed E-state index contributed by atoms with van der Waals surface area (Å²) in [4.78, 5) is 33.3. The second-order valence-electron chi connectivity index (χ2n) is 8.60. The van der Waals surface area contributed by atoms with Crippen LogP contribution in [0.25, 0.3) is 16.6 Å². The Kier molecular flexibility index (Phi) is 7.46. The van der Waals surface area contributed by atoms with Gasteiger partial charge in [-0.3, -0.25) is 10.1 Å². The third kappa shape index (κ3) is 5.82. The number of halogens is 3. The zero-order valence-corrected chi connectivity index (χ0v) is 20.5. The molecule has 198 valence electrons. The maximum atomic E-state index is 13.1. The van der Waals surface area contributed by atoms with Crippen molar-refractivity contribution in [2.45, 2.75) is 38.9 Å². The van der Waals surface area contributed by atoms with E-state index >= 15 is 0 Å². The normalized spacial score (nSPS) is 12.2.